The zero-order valence-electron chi connectivity index (χ0n) is 10.3. The summed E-state index contributed by atoms with van der Waals surface area (Å²) in [5.41, 5.74) is 6.49. The number of nitrogens with two attached hydrogens (primary N) is 1. The molecule has 0 saturated carbocycles. The van der Waals surface area contributed by atoms with Crippen LogP contribution < -0.4 is 11.1 Å². The number of hydrogen-bond donors (Lipinski definition) is 2. The molecule has 2 rings (SSSR count). The van der Waals surface area contributed by atoms with Gasteiger partial charge in [-0.05, 0) is 18.6 Å². The Morgan fingerprint density at radius 3 is 3.11 bits per heavy atom. The van der Waals surface area contributed by atoms with Gasteiger partial charge in [0.1, 0.15) is 0 Å². The van der Waals surface area contributed by atoms with Crippen LogP contribution in [-0.2, 0) is 11.3 Å². The molecule has 0 saturated heterocycles. The van der Waals surface area contributed by atoms with Gasteiger partial charge in [0.15, 0.2) is 11.5 Å². The minimum atomic E-state index is -0.450. The van der Waals surface area contributed by atoms with E-state index in [1.165, 1.54) is 0 Å². The summed E-state index contributed by atoms with van der Waals surface area (Å²) in [7, 11) is 0. The standard InChI is InChI=1S/C12H17N5O/c1-2-5-9(13)12(18)14-8-11-16-15-10-6-3-4-7-17(10)11/h3-4,6-7,9H,2,5,8,13H2,1H3,(H,14,18). The fourth-order valence-electron chi connectivity index (χ4n) is 1.75. The van der Waals surface area contributed by atoms with E-state index < -0.39 is 6.04 Å². The van der Waals surface area contributed by atoms with Crippen LogP contribution in [0.25, 0.3) is 5.65 Å². The topological polar surface area (TPSA) is 85.3 Å². The lowest BCUT2D eigenvalue weighted by molar-refractivity contribution is -0.122. The van der Waals surface area contributed by atoms with E-state index in [0.717, 1.165) is 12.1 Å². The number of pyridine rings is 1. The number of fused-ring (bicyclic) bond motifs is 1. The Kier molecular flexibility index (Phi) is 3.88. The first-order valence-electron chi connectivity index (χ1n) is 6.04. The first-order chi connectivity index (χ1) is 8.72. The van der Waals surface area contributed by atoms with E-state index >= 15 is 0 Å². The molecule has 0 aliphatic heterocycles. The van der Waals surface area contributed by atoms with Crippen molar-refractivity contribution in [2.24, 2.45) is 5.73 Å². The minimum absolute atomic E-state index is 0.149. The van der Waals surface area contributed by atoms with Gasteiger partial charge in [0.25, 0.3) is 0 Å². The lowest BCUT2D eigenvalue weighted by Gasteiger charge is -2.10. The summed E-state index contributed by atoms with van der Waals surface area (Å²) in [5.74, 6) is 0.548. The molecule has 0 bridgehead atoms. The fraction of sp³-hybridized carbons (Fsp3) is 0.417. The summed E-state index contributed by atoms with van der Waals surface area (Å²) in [4.78, 5) is 11.7. The van der Waals surface area contributed by atoms with E-state index in [1.54, 1.807) is 0 Å². The van der Waals surface area contributed by atoms with Crippen LogP contribution in [0.15, 0.2) is 24.4 Å². The monoisotopic (exact) mass is 247 g/mol. The Morgan fingerprint density at radius 1 is 1.50 bits per heavy atom. The molecule has 6 nitrogen and oxygen atoms in total. The summed E-state index contributed by atoms with van der Waals surface area (Å²) in [5, 5.41) is 10.8. The van der Waals surface area contributed by atoms with Crippen molar-refractivity contribution in [2.45, 2.75) is 32.4 Å². The molecule has 18 heavy (non-hydrogen) atoms. The third-order valence-electron chi connectivity index (χ3n) is 2.74. The Bertz CT molecular complexity index is 536. The van der Waals surface area contributed by atoms with E-state index in [9.17, 15) is 4.79 Å². The molecule has 2 aromatic heterocycles. The van der Waals surface area contributed by atoms with E-state index in [1.807, 2.05) is 35.7 Å². The highest BCUT2D eigenvalue weighted by Gasteiger charge is 2.13. The summed E-state index contributed by atoms with van der Waals surface area (Å²) in [6.07, 6.45) is 3.44. The van der Waals surface area contributed by atoms with Crippen LogP contribution in [0.4, 0.5) is 0 Å². The molecule has 0 fully saturated rings. The van der Waals surface area contributed by atoms with Crippen LogP contribution in [0.5, 0.6) is 0 Å². The van der Waals surface area contributed by atoms with Crippen molar-refractivity contribution >= 4 is 11.6 Å². The number of carbonyl (C=O) groups is 1. The molecule has 1 atom stereocenters. The maximum Gasteiger partial charge on any atom is 0.237 e. The van der Waals surface area contributed by atoms with Gasteiger partial charge in [0, 0.05) is 6.20 Å². The van der Waals surface area contributed by atoms with Crippen molar-refractivity contribution in [1.29, 1.82) is 0 Å². The first kappa shape index (κ1) is 12.5. The average Bonchev–Trinajstić information content (AvgIpc) is 2.79. The van der Waals surface area contributed by atoms with E-state index in [-0.39, 0.29) is 5.91 Å². The Labute approximate surface area is 105 Å². The van der Waals surface area contributed by atoms with Crippen LogP contribution in [0.3, 0.4) is 0 Å². The normalized spacial score (nSPS) is 12.6. The van der Waals surface area contributed by atoms with E-state index in [0.29, 0.717) is 18.8 Å². The minimum Gasteiger partial charge on any atom is -0.347 e. The van der Waals surface area contributed by atoms with Crippen molar-refractivity contribution in [3.63, 3.8) is 0 Å². The second-order valence-corrected chi connectivity index (χ2v) is 4.16. The predicted molar refractivity (Wildman–Crippen MR) is 67.7 cm³/mol. The van der Waals surface area contributed by atoms with Gasteiger partial charge in [-0.15, -0.1) is 10.2 Å². The molecule has 1 amide bonds. The molecule has 0 spiro atoms. The number of hydrogen-bond acceptors (Lipinski definition) is 4. The van der Waals surface area contributed by atoms with Crippen LogP contribution in [-0.4, -0.2) is 26.5 Å². The molecule has 6 heteroatoms. The smallest absolute Gasteiger partial charge is 0.237 e. The molecule has 2 aromatic rings. The van der Waals surface area contributed by atoms with Crippen molar-refractivity contribution in [3.8, 4) is 0 Å². The third kappa shape index (κ3) is 2.65. The Balaban J connectivity index is 2.00. The number of carbonyl (C=O) groups excluding carboxylic acids is 1. The molecule has 2 heterocycles. The van der Waals surface area contributed by atoms with Gasteiger partial charge in [-0.25, -0.2) is 0 Å². The van der Waals surface area contributed by atoms with Crippen molar-refractivity contribution in [2.75, 3.05) is 0 Å². The van der Waals surface area contributed by atoms with Gasteiger partial charge in [-0.3, -0.25) is 9.20 Å². The number of nitrogens with zero attached hydrogens (tertiary/aromatic N) is 3. The largest absolute Gasteiger partial charge is 0.347 e. The summed E-state index contributed by atoms with van der Waals surface area (Å²) < 4.78 is 1.84. The highest BCUT2D eigenvalue weighted by Crippen LogP contribution is 2.02. The van der Waals surface area contributed by atoms with Crippen LogP contribution in [0.1, 0.15) is 25.6 Å². The quantitative estimate of drug-likeness (QED) is 0.804. The van der Waals surface area contributed by atoms with Crippen LogP contribution >= 0.6 is 0 Å². The zero-order valence-corrected chi connectivity index (χ0v) is 10.3. The SMILES string of the molecule is CCCC(N)C(=O)NCc1nnc2ccccn12. The summed E-state index contributed by atoms with van der Waals surface area (Å²) >= 11 is 0. The number of nitrogens with one attached hydrogen (secondary N) is 1. The number of rotatable bonds is 5. The van der Waals surface area contributed by atoms with Crippen LogP contribution in [0, 0.1) is 0 Å². The molecule has 96 valence electrons. The Hall–Kier alpha value is -1.95. The maximum atomic E-state index is 11.7. The van der Waals surface area contributed by atoms with Gasteiger partial charge in [0.2, 0.25) is 5.91 Å². The fourth-order valence-corrected chi connectivity index (χ4v) is 1.75. The average molecular weight is 247 g/mol. The lowest BCUT2D eigenvalue weighted by Crippen LogP contribution is -2.40. The molecule has 0 aliphatic rings. The molecular formula is C12H17N5O. The van der Waals surface area contributed by atoms with Crippen molar-refractivity contribution in [3.05, 3.63) is 30.2 Å². The van der Waals surface area contributed by atoms with Gasteiger partial charge < -0.3 is 11.1 Å². The maximum absolute atomic E-state index is 11.7. The molecular weight excluding hydrogens is 230 g/mol. The first-order valence-corrected chi connectivity index (χ1v) is 6.04. The van der Waals surface area contributed by atoms with Crippen molar-refractivity contribution < 1.29 is 4.79 Å². The predicted octanol–water partition coefficient (Wildman–Crippen LogP) is 0.473. The highest BCUT2D eigenvalue weighted by atomic mass is 16.2. The number of amides is 1. The molecule has 1 unspecified atom stereocenters. The van der Waals surface area contributed by atoms with Crippen molar-refractivity contribution in [1.82, 2.24) is 19.9 Å². The zero-order chi connectivity index (χ0) is 13.0. The highest BCUT2D eigenvalue weighted by molar-refractivity contribution is 5.81. The molecule has 0 aliphatic carbocycles. The van der Waals surface area contributed by atoms with Gasteiger partial charge in [-0.2, -0.15) is 0 Å². The summed E-state index contributed by atoms with van der Waals surface area (Å²) in [6.45, 7) is 2.33. The second kappa shape index (κ2) is 5.59. The van der Waals surface area contributed by atoms with Gasteiger partial charge >= 0.3 is 0 Å². The summed E-state index contributed by atoms with van der Waals surface area (Å²) in [6, 6.07) is 5.20. The van der Waals surface area contributed by atoms with Crippen LogP contribution in [0.2, 0.25) is 0 Å². The Morgan fingerprint density at radius 2 is 2.33 bits per heavy atom. The van der Waals surface area contributed by atoms with Gasteiger partial charge in [-0.1, -0.05) is 19.4 Å². The second-order valence-electron chi connectivity index (χ2n) is 4.16. The lowest BCUT2D eigenvalue weighted by atomic mass is 10.2. The molecule has 0 radical (unpaired) electrons. The molecule has 3 N–H and O–H groups in total. The third-order valence-corrected chi connectivity index (χ3v) is 2.74. The molecule has 0 aromatic carbocycles. The van der Waals surface area contributed by atoms with E-state index in [4.69, 9.17) is 5.73 Å². The number of aromatic nitrogens is 3. The van der Waals surface area contributed by atoms with E-state index in [2.05, 4.69) is 15.5 Å². The van der Waals surface area contributed by atoms with Gasteiger partial charge in [0.05, 0.1) is 12.6 Å².